The quantitative estimate of drug-likeness (QED) is 0.156. The summed E-state index contributed by atoms with van der Waals surface area (Å²) in [5.41, 5.74) is 12.0. The fourth-order valence-electron chi connectivity index (χ4n) is 7.42. The van der Waals surface area contributed by atoms with Crippen LogP contribution in [0.15, 0.2) is 48.5 Å². The van der Waals surface area contributed by atoms with E-state index in [1.165, 1.54) is 22.3 Å². The lowest BCUT2D eigenvalue weighted by Gasteiger charge is -2.29. The normalized spacial score (nSPS) is 13.0. The van der Waals surface area contributed by atoms with E-state index in [-0.39, 0.29) is 32.5 Å². The van der Waals surface area contributed by atoms with Crippen molar-refractivity contribution < 1.29 is 20.4 Å². The number of benzene rings is 4. The first-order chi connectivity index (χ1) is 26.0. The first-order valence-electron chi connectivity index (χ1n) is 21.0. The van der Waals surface area contributed by atoms with Crippen LogP contribution >= 0.6 is 11.8 Å². The highest BCUT2D eigenvalue weighted by molar-refractivity contribution is 7.97. The van der Waals surface area contributed by atoms with Crippen molar-refractivity contribution in [2.75, 3.05) is 0 Å². The Hall–Kier alpha value is -3.57. The van der Waals surface area contributed by atoms with E-state index in [2.05, 4.69) is 173 Å². The van der Waals surface area contributed by atoms with Crippen LogP contribution in [0.25, 0.3) is 0 Å². The Morgan fingerprint density at radius 2 is 0.534 bits per heavy atom. The Morgan fingerprint density at radius 1 is 0.328 bits per heavy atom. The molecule has 58 heavy (non-hydrogen) atoms. The van der Waals surface area contributed by atoms with Gasteiger partial charge in [-0.05, 0) is 120 Å². The van der Waals surface area contributed by atoms with Crippen molar-refractivity contribution in [1.82, 2.24) is 0 Å². The van der Waals surface area contributed by atoms with Gasteiger partial charge in [0.15, 0.2) is 0 Å². The van der Waals surface area contributed by atoms with Crippen LogP contribution in [0.3, 0.4) is 0 Å². The molecule has 0 aromatic heterocycles. The van der Waals surface area contributed by atoms with E-state index >= 15 is 0 Å². The number of aryl methyl sites for hydroxylation is 2. The van der Waals surface area contributed by atoms with Crippen LogP contribution in [0, 0.1) is 13.8 Å². The third-order valence-electron chi connectivity index (χ3n) is 10.9. The Labute approximate surface area is 357 Å². The monoisotopic (exact) mass is 811 g/mol. The molecule has 0 radical (unpaired) electrons. The van der Waals surface area contributed by atoms with E-state index < -0.39 is 0 Å². The number of phenolic OH excluding ortho intramolecular Hbond substituents is 4. The minimum atomic E-state index is -0.151. The van der Waals surface area contributed by atoms with Crippen molar-refractivity contribution in [2.24, 2.45) is 0 Å². The average molecular weight is 811 g/mol. The first-order valence-corrected chi connectivity index (χ1v) is 22.2. The summed E-state index contributed by atoms with van der Waals surface area (Å²) in [6, 6.07) is 17.1. The number of hydrogen-bond donors (Lipinski definition) is 4. The van der Waals surface area contributed by atoms with E-state index in [9.17, 15) is 20.4 Å². The zero-order chi connectivity index (χ0) is 44.7. The summed E-state index contributed by atoms with van der Waals surface area (Å²) >= 11 is 1.86. The number of phenols is 4. The fraction of sp³-hybridized carbons (Fsp3) is 0.547. The maximum Gasteiger partial charge on any atom is 0.123 e. The minimum absolute atomic E-state index is 0.0782. The molecule has 0 heterocycles. The molecule has 0 aliphatic heterocycles. The smallest absolute Gasteiger partial charge is 0.123 e. The number of aromatic hydroxyl groups is 4. The Bertz CT molecular complexity index is 1860. The van der Waals surface area contributed by atoms with Gasteiger partial charge in [0, 0.05) is 11.5 Å². The van der Waals surface area contributed by atoms with E-state index in [1.54, 1.807) is 0 Å². The molecular formula is C53H78O4S. The predicted octanol–water partition coefficient (Wildman–Crippen LogP) is 14.6. The molecule has 320 valence electrons. The van der Waals surface area contributed by atoms with Crippen molar-refractivity contribution in [1.29, 1.82) is 0 Å². The van der Waals surface area contributed by atoms with Crippen molar-refractivity contribution in [2.45, 2.75) is 189 Å². The molecule has 0 unspecified atom stereocenters. The largest absolute Gasteiger partial charge is 0.507 e. The van der Waals surface area contributed by atoms with Gasteiger partial charge in [0.25, 0.3) is 0 Å². The molecule has 4 N–H and O–H groups in total. The van der Waals surface area contributed by atoms with Crippen LogP contribution in [0.2, 0.25) is 0 Å². The van der Waals surface area contributed by atoms with Crippen LogP contribution in [-0.4, -0.2) is 20.4 Å². The second-order valence-electron chi connectivity index (χ2n) is 22.9. The van der Waals surface area contributed by atoms with Gasteiger partial charge >= 0.3 is 0 Å². The molecule has 0 aliphatic carbocycles. The maximum atomic E-state index is 11.1. The molecule has 5 heteroatoms. The molecule has 0 spiro atoms. The van der Waals surface area contributed by atoms with Gasteiger partial charge in [-0.15, -0.1) is 0 Å². The second-order valence-corrected chi connectivity index (χ2v) is 23.9. The lowest BCUT2D eigenvalue weighted by atomic mass is 9.76. The Balaban J connectivity index is 0.000000313. The molecule has 0 atom stereocenters. The SMILES string of the molecule is CC(C)(C)c1cc(Cc2cc(C(C)(C)C)c(O)c(C(C)(C)C)c2)cc(C(C)(C)C)c1O.Cc1cc(CSCc2cc(C)c(O)c(C(C)(C)C)c2)cc(C(C)(C)C)c1O. The molecule has 0 aliphatic rings. The maximum absolute atomic E-state index is 11.1. The van der Waals surface area contributed by atoms with Gasteiger partial charge in [-0.1, -0.05) is 173 Å². The Kier molecular flexibility index (Phi) is 14.5. The average Bonchev–Trinajstić information content (AvgIpc) is 3.02. The summed E-state index contributed by atoms with van der Waals surface area (Å²) in [7, 11) is 0. The van der Waals surface area contributed by atoms with Crippen LogP contribution in [0.1, 0.15) is 191 Å². The van der Waals surface area contributed by atoms with Gasteiger partial charge in [-0.25, -0.2) is 0 Å². The van der Waals surface area contributed by atoms with E-state index in [0.29, 0.717) is 23.0 Å². The molecule has 4 nitrogen and oxygen atoms in total. The predicted molar refractivity (Wildman–Crippen MR) is 252 cm³/mol. The van der Waals surface area contributed by atoms with Gasteiger partial charge in [-0.3, -0.25) is 0 Å². The molecule has 0 saturated heterocycles. The highest BCUT2D eigenvalue weighted by Crippen LogP contribution is 2.43. The minimum Gasteiger partial charge on any atom is -0.507 e. The summed E-state index contributed by atoms with van der Waals surface area (Å²) in [6.45, 7) is 42.5. The first kappa shape index (κ1) is 48.8. The van der Waals surface area contributed by atoms with Gasteiger partial charge in [0.1, 0.15) is 23.0 Å². The summed E-state index contributed by atoms with van der Waals surface area (Å²) in [6.07, 6.45) is 0.763. The van der Waals surface area contributed by atoms with E-state index in [4.69, 9.17) is 0 Å². The molecule has 0 bridgehead atoms. The summed E-state index contributed by atoms with van der Waals surface area (Å²) in [5, 5.41) is 42.9. The molecule has 0 saturated carbocycles. The lowest BCUT2D eigenvalue weighted by Crippen LogP contribution is -2.19. The van der Waals surface area contributed by atoms with Crippen LogP contribution in [-0.2, 0) is 50.4 Å². The molecule has 4 aromatic rings. The standard InChI is InChI=1S/C29H44O2.C24H34O2S/c1-26(2,3)20-14-18(15-21(24(20)30)27(4,5)6)13-19-16-22(28(7,8)9)25(31)23(17-19)29(10,11)12;1-15-9-17(11-19(21(15)25)23(3,4)5)13-27-14-18-10-16(2)22(26)20(12-18)24(6,7)8/h14-17,30-31H,13H2,1-12H3;9-12,25-26H,13-14H2,1-8H3. The van der Waals surface area contributed by atoms with Gasteiger partial charge in [0.2, 0.25) is 0 Å². The van der Waals surface area contributed by atoms with Crippen LogP contribution < -0.4 is 0 Å². The summed E-state index contributed by atoms with van der Waals surface area (Å²) in [5.74, 6) is 3.46. The summed E-state index contributed by atoms with van der Waals surface area (Å²) in [4.78, 5) is 0. The molecular weight excluding hydrogens is 733 g/mol. The van der Waals surface area contributed by atoms with Gasteiger partial charge < -0.3 is 20.4 Å². The highest BCUT2D eigenvalue weighted by Gasteiger charge is 2.29. The second kappa shape index (κ2) is 17.2. The third kappa shape index (κ3) is 12.2. The molecule has 0 amide bonds. The molecule has 0 fully saturated rings. The highest BCUT2D eigenvalue weighted by atomic mass is 32.2. The van der Waals surface area contributed by atoms with Gasteiger partial charge in [-0.2, -0.15) is 11.8 Å². The third-order valence-corrected chi connectivity index (χ3v) is 11.9. The van der Waals surface area contributed by atoms with Crippen molar-refractivity contribution in [3.63, 3.8) is 0 Å². The van der Waals surface area contributed by atoms with Crippen LogP contribution in [0.5, 0.6) is 23.0 Å². The van der Waals surface area contributed by atoms with E-state index in [0.717, 1.165) is 62.4 Å². The summed E-state index contributed by atoms with van der Waals surface area (Å²) < 4.78 is 0. The van der Waals surface area contributed by atoms with Gasteiger partial charge in [0.05, 0.1) is 0 Å². The van der Waals surface area contributed by atoms with Crippen molar-refractivity contribution in [3.8, 4) is 23.0 Å². The van der Waals surface area contributed by atoms with Crippen molar-refractivity contribution >= 4 is 11.8 Å². The fourth-order valence-corrected chi connectivity index (χ4v) is 8.33. The zero-order valence-electron chi connectivity index (χ0n) is 39.9. The molecule has 4 rings (SSSR count). The zero-order valence-corrected chi connectivity index (χ0v) is 40.8. The molecule has 4 aromatic carbocycles. The number of rotatable bonds is 6. The lowest BCUT2D eigenvalue weighted by molar-refractivity contribution is 0.422. The van der Waals surface area contributed by atoms with Crippen molar-refractivity contribution in [3.05, 3.63) is 115 Å². The number of thioether (sulfide) groups is 1. The Morgan fingerprint density at radius 3 is 0.759 bits per heavy atom. The number of hydrogen-bond acceptors (Lipinski definition) is 5. The van der Waals surface area contributed by atoms with Crippen LogP contribution in [0.4, 0.5) is 0 Å². The topological polar surface area (TPSA) is 80.9 Å². The van der Waals surface area contributed by atoms with E-state index in [1.807, 2.05) is 25.6 Å².